The highest BCUT2D eigenvalue weighted by atomic mass is 35.8. The summed E-state index contributed by atoms with van der Waals surface area (Å²) >= 11 is 22.7. The number of ether oxygens (including phenoxy) is 4. The Kier molecular flexibility index (Phi) is 30.2. The molecule has 0 amide bonds. The Morgan fingerprint density at radius 2 is 0.808 bits per heavy atom. The fourth-order valence-corrected chi connectivity index (χ4v) is 2.45. The fourth-order valence-electron chi connectivity index (χ4n) is 2.30. The lowest BCUT2D eigenvalue weighted by Crippen LogP contribution is -2.21. The predicted molar refractivity (Wildman–Crippen MR) is 176 cm³/mol. The molecule has 2 aromatic rings. The third-order valence-corrected chi connectivity index (χ3v) is 4.66. The average Bonchev–Trinajstić information content (AvgIpc) is 3.00. The number of hydrogen-bond donors (Lipinski definition) is 0. The highest BCUT2D eigenvalue weighted by molar-refractivity contribution is 7.54. The van der Waals surface area contributed by atoms with Crippen LogP contribution in [0.15, 0.2) is 42.5 Å². The molecule has 0 radical (unpaired) electrons. The summed E-state index contributed by atoms with van der Waals surface area (Å²) in [5.74, 6) is -2.48. The normalized spacial score (nSPS) is 11.0. The molecule has 2 aromatic carbocycles. The molecule has 0 bridgehead atoms. The van der Waals surface area contributed by atoms with Gasteiger partial charge in [-0.05, 0) is 54.1 Å². The van der Waals surface area contributed by atoms with Crippen LogP contribution in [0.3, 0.4) is 0 Å². The molecular formula is C25H21AlCl8F12O6. The molecule has 0 N–H and O–H groups in total. The first-order valence-corrected chi connectivity index (χ1v) is 20.2. The van der Waals surface area contributed by atoms with Gasteiger partial charge in [-0.1, -0.05) is 0 Å². The van der Waals surface area contributed by atoms with E-state index in [4.69, 9.17) is 88.2 Å². The lowest BCUT2D eigenvalue weighted by molar-refractivity contribution is -0.154. The van der Waals surface area contributed by atoms with Gasteiger partial charge in [0, 0.05) is 0 Å². The maximum absolute atomic E-state index is 12.1. The maximum atomic E-state index is 12.1. The zero-order chi connectivity index (χ0) is 41.3. The molecule has 2 rings (SSSR count). The Labute approximate surface area is 329 Å². The second-order valence-electron chi connectivity index (χ2n) is 8.14. The van der Waals surface area contributed by atoms with Gasteiger partial charge in [0.1, 0.15) is 23.0 Å². The Morgan fingerprint density at radius 1 is 0.538 bits per heavy atom. The van der Waals surface area contributed by atoms with Crippen molar-refractivity contribution in [3.05, 3.63) is 48.0 Å². The summed E-state index contributed by atoms with van der Waals surface area (Å²) in [7, 11) is 14.8. The van der Waals surface area contributed by atoms with E-state index in [2.05, 4.69) is 18.9 Å². The molecule has 0 aliphatic rings. The Hall–Kier alpha value is -1.01. The van der Waals surface area contributed by atoms with E-state index in [9.17, 15) is 62.3 Å². The van der Waals surface area contributed by atoms with Crippen LogP contribution in [0.2, 0.25) is 0 Å². The number of Topliss-reactive ketones (excluding diaryl/α,β-unsaturated/α-hetero) is 1. The van der Waals surface area contributed by atoms with Crippen LogP contribution < -0.4 is 18.9 Å². The number of ketones is 1. The molecule has 0 unspecified atom stereocenters. The molecule has 0 saturated carbocycles. The van der Waals surface area contributed by atoms with Crippen LogP contribution in [0.1, 0.15) is 10.4 Å². The van der Waals surface area contributed by atoms with Gasteiger partial charge in [0.05, 0.1) is 22.7 Å². The first-order valence-electron chi connectivity index (χ1n) is 12.5. The molecule has 0 heterocycles. The number of carbonyl (C=O) groups is 2. The quantitative estimate of drug-likeness (QED) is 0.0735. The van der Waals surface area contributed by atoms with Gasteiger partial charge < -0.3 is 18.9 Å². The minimum atomic E-state index is -4.63. The van der Waals surface area contributed by atoms with Crippen molar-refractivity contribution < 1.29 is 81.2 Å². The van der Waals surface area contributed by atoms with E-state index in [0.29, 0.717) is 0 Å². The van der Waals surface area contributed by atoms with Crippen LogP contribution in [0.5, 0.6) is 23.0 Å². The zero-order valence-electron chi connectivity index (χ0n) is 25.1. The molecule has 52 heavy (non-hydrogen) atoms. The van der Waals surface area contributed by atoms with Crippen molar-refractivity contribution in [1.29, 1.82) is 0 Å². The van der Waals surface area contributed by atoms with Gasteiger partial charge in [0.15, 0.2) is 32.2 Å². The van der Waals surface area contributed by atoms with Gasteiger partial charge in [-0.3, -0.25) is 9.59 Å². The third-order valence-electron chi connectivity index (χ3n) is 3.90. The smallest absolute Gasteiger partial charge is 0.484 e. The standard InChI is InChI=1S/C12H9ClF6O3.C10H8F6O2.C2H2Cl2O.CH2Cl2.Al.3ClH/c13-4-9(20)8-3-7(21-5-11(14,15)16)1-2-10(8)22-6-12(17,18)19;11-9(12,13)5-17-7-1-2-8(4-3-7)18-6-10(14,15)16;3-1-2(4)5;2-1-3;;;;/h1-3H,4-6H2;1-4H,5-6H2;1H2;1H2;;3*1H/q;;;;+3;;;/p-3. The molecule has 300 valence electrons. The van der Waals surface area contributed by atoms with Crippen molar-refractivity contribution in [2.75, 3.05) is 43.5 Å². The van der Waals surface area contributed by atoms with E-state index in [0.717, 1.165) is 42.5 Å². The van der Waals surface area contributed by atoms with Gasteiger partial charge in [0.25, 0.3) is 0 Å². The molecular weight excluding hydrogens is 935 g/mol. The number of benzene rings is 2. The van der Waals surface area contributed by atoms with Crippen LogP contribution in [-0.2, 0) is 4.79 Å². The van der Waals surface area contributed by atoms with Crippen molar-refractivity contribution in [3.63, 3.8) is 0 Å². The van der Waals surface area contributed by atoms with Crippen LogP contribution in [0, 0.1) is 0 Å². The monoisotopic (exact) mass is 952 g/mol. The first-order chi connectivity index (χ1) is 23.6. The van der Waals surface area contributed by atoms with Crippen molar-refractivity contribution in [2.24, 2.45) is 0 Å². The summed E-state index contributed by atoms with van der Waals surface area (Å²) < 4.78 is 161. The van der Waals surface area contributed by atoms with Crippen LogP contribution >= 0.6 is 88.2 Å². The van der Waals surface area contributed by atoms with Crippen LogP contribution in [0.4, 0.5) is 52.7 Å². The number of hydrogen-bond acceptors (Lipinski definition) is 6. The average molecular weight is 956 g/mol. The van der Waals surface area contributed by atoms with Gasteiger partial charge in [-0.2, -0.15) is 52.7 Å². The first kappa shape index (κ1) is 55.3. The molecule has 0 fully saturated rings. The molecule has 6 nitrogen and oxygen atoms in total. The van der Waals surface area contributed by atoms with Gasteiger partial charge in [0.2, 0.25) is 5.24 Å². The van der Waals surface area contributed by atoms with E-state index in [1.165, 1.54) is 0 Å². The number of carbonyl (C=O) groups excluding carboxylic acids is 2. The minimum Gasteiger partial charge on any atom is -0.484 e. The summed E-state index contributed by atoms with van der Waals surface area (Å²) in [6, 6.07) is 7.10. The number of halogens is 20. The SMILES string of the molecule is ClCCl.FC(F)(F)COc1ccc(OCC(F)(F)F)cc1.O=C(CCl)c1cc(OCC(F)(F)F)ccc1OCC(F)(F)F.O=C(Cl)CCl.[Cl][Al]([Cl])[Cl]. The molecule has 0 atom stereocenters. The number of rotatable bonds is 11. The van der Waals surface area contributed by atoms with Gasteiger partial charge in [-0.15, -0.1) is 46.4 Å². The minimum absolute atomic E-state index is 0.0957. The highest BCUT2D eigenvalue weighted by Crippen LogP contribution is 2.28. The van der Waals surface area contributed by atoms with Crippen molar-refractivity contribution in [1.82, 2.24) is 0 Å². The second-order valence-corrected chi connectivity index (χ2v) is 16.3. The Bertz CT molecular complexity index is 1230. The molecule has 27 heteroatoms. The Morgan fingerprint density at radius 3 is 1.08 bits per heavy atom. The fraction of sp³-hybridized carbons (Fsp3) is 0.440. The van der Waals surface area contributed by atoms with Crippen LogP contribution in [0.25, 0.3) is 0 Å². The van der Waals surface area contributed by atoms with Gasteiger partial charge in [-0.25, -0.2) is 30.1 Å². The maximum Gasteiger partial charge on any atom is 0.643 e. The largest absolute Gasteiger partial charge is 0.643 e. The molecule has 0 aromatic heterocycles. The lowest BCUT2D eigenvalue weighted by atomic mass is 10.1. The molecule has 0 aliphatic heterocycles. The van der Waals surface area contributed by atoms with E-state index < -0.39 is 85.2 Å². The lowest BCUT2D eigenvalue weighted by Gasteiger charge is -2.14. The third kappa shape index (κ3) is 38.7. The molecule has 0 aliphatic carbocycles. The topological polar surface area (TPSA) is 71.1 Å². The summed E-state index contributed by atoms with van der Waals surface area (Å²) in [4.78, 5) is 21.0. The summed E-state index contributed by atoms with van der Waals surface area (Å²) in [6.07, 6.45) is -18.2. The predicted octanol–water partition coefficient (Wildman–Crippen LogP) is 11.7. The Balaban J connectivity index is -0.000000711. The van der Waals surface area contributed by atoms with Crippen molar-refractivity contribution >= 4 is 111 Å². The summed E-state index contributed by atoms with van der Waals surface area (Å²) in [6.45, 7) is -6.19. The molecule has 0 spiro atoms. The summed E-state index contributed by atoms with van der Waals surface area (Å²) in [5.41, 5.74) is -0.390. The molecule has 0 saturated heterocycles. The highest BCUT2D eigenvalue weighted by Gasteiger charge is 2.31. The van der Waals surface area contributed by atoms with E-state index >= 15 is 0 Å². The van der Waals surface area contributed by atoms with E-state index in [-0.39, 0.29) is 34.0 Å². The van der Waals surface area contributed by atoms with E-state index in [1.54, 1.807) is 0 Å². The van der Waals surface area contributed by atoms with E-state index in [1.807, 2.05) is 0 Å². The number of alkyl halides is 16. The van der Waals surface area contributed by atoms with Crippen molar-refractivity contribution in [2.45, 2.75) is 24.7 Å². The van der Waals surface area contributed by atoms with Gasteiger partial charge >= 0.3 is 36.1 Å². The zero-order valence-corrected chi connectivity index (χ0v) is 32.3. The van der Waals surface area contributed by atoms with Crippen molar-refractivity contribution in [3.8, 4) is 23.0 Å². The second kappa shape index (κ2) is 28.4. The van der Waals surface area contributed by atoms with Crippen LogP contribution in [-0.4, -0.2) is 90.6 Å². The summed E-state index contributed by atoms with van der Waals surface area (Å²) in [5, 5.41) is -0.313.